The van der Waals surface area contributed by atoms with Crippen LogP contribution in [-0.4, -0.2) is 27.9 Å². The number of aromatic hydroxyl groups is 1. The van der Waals surface area contributed by atoms with E-state index in [4.69, 9.17) is 4.74 Å². The first-order chi connectivity index (χ1) is 16.7. The maximum Gasteiger partial charge on any atom is 0.335 e. The van der Waals surface area contributed by atoms with Crippen molar-refractivity contribution in [3.05, 3.63) is 94.0 Å². The topological polar surface area (TPSA) is 113 Å². The summed E-state index contributed by atoms with van der Waals surface area (Å²) >= 11 is 0. The van der Waals surface area contributed by atoms with Crippen molar-refractivity contribution < 1.29 is 29.3 Å². The molecular formula is C28H29NO6. The number of phenolic OH excluding ortho intramolecular Hbond substituents is 1. The minimum atomic E-state index is -1.04. The molecule has 0 aromatic heterocycles. The Hall–Kier alpha value is -4.13. The number of rotatable bonds is 10. The third-order valence-corrected chi connectivity index (χ3v) is 5.64. The fourth-order valence-corrected chi connectivity index (χ4v) is 3.91. The average Bonchev–Trinajstić information content (AvgIpc) is 2.83. The maximum absolute atomic E-state index is 11.8. The summed E-state index contributed by atoms with van der Waals surface area (Å²) in [5, 5.41) is 22.7. The predicted molar refractivity (Wildman–Crippen MR) is 132 cm³/mol. The van der Waals surface area contributed by atoms with E-state index in [0.717, 1.165) is 17.5 Å². The quantitative estimate of drug-likeness (QED) is 0.354. The van der Waals surface area contributed by atoms with Crippen LogP contribution in [-0.2, 0) is 17.8 Å². The first kappa shape index (κ1) is 25.5. The minimum Gasteiger partial charge on any atom is -0.507 e. The number of amides is 1. The van der Waals surface area contributed by atoms with E-state index < -0.39 is 12.0 Å². The molecule has 7 nitrogen and oxygen atoms in total. The lowest BCUT2D eigenvalue weighted by molar-refractivity contribution is -0.119. The van der Waals surface area contributed by atoms with Crippen molar-refractivity contribution in [1.29, 1.82) is 0 Å². The van der Waals surface area contributed by atoms with Crippen molar-refractivity contribution in [2.45, 2.75) is 46.3 Å². The summed E-state index contributed by atoms with van der Waals surface area (Å²) in [6.45, 7) is 5.06. The summed E-state index contributed by atoms with van der Waals surface area (Å²) < 4.78 is 5.98. The second-order valence-corrected chi connectivity index (χ2v) is 8.34. The summed E-state index contributed by atoms with van der Waals surface area (Å²) in [4.78, 5) is 35.0. The number of carboxylic acid groups (broad SMARTS) is 1. The number of ether oxygens (including phenoxy) is 1. The maximum atomic E-state index is 11.8. The minimum absolute atomic E-state index is 0.0334. The zero-order valence-corrected chi connectivity index (χ0v) is 20.0. The monoisotopic (exact) mass is 475 g/mol. The Morgan fingerprint density at radius 2 is 1.69 bits per heavy atom. The highest BCUT2D eigenvalue weighted by Crippen LogP contribution is 2.33. The van der Waals surface area contributed by atoms with Gasteiger partial charge in [0.25, 0.3) is 0 Å². The average molecular weight is 476 g/mol. The Balaban J connectivity index is 1.82. The van der Waals surface area contributed by atoms with Crippen LogP contribution in [0.5, 0.6) is 11.5 Å². The molecule has 3 N–H and O–H groups in total. The molecule has 35 heavy (non-hydrogen) atoms. The van der Waals surface area contributed by atoms with Crippen LogP contribution in [0.4, 0.5) is 0 Å². The van der Waals surface area contributed by atoms with Gasteiger partial charge in [0.1, 0.15) is 18.1 Å². The van der Waals surface area contributed by atoms with Gasteiger partial charge in [-0.2, -0.15) is 0 Å². The van der Waals surface area contributed by atoms with Crippen LogP contribution in [0.25, 0.3) is 0 Å². The number of carbonyl (C=O) groups is 3. The highest BCUT2D eigenvalue weighted by atomic mass is 16.5. The molecule has 0 radical (unpaired) electrons. The number of nitrogens with one attached hydrogen (secondary N) is 1. The lowest BCUT2D eigenvalue weighted by atomic mass is 9.96. The molecule has 7 heteroatoms. The van der Waals surface area contributed by atoms with Gasteiger partial charge in [-0.05, 0) is 54.3 Å². The molecule has 0 saturated heterocycles. The van der Waals surface area contributed by atoms with E-state index in [9.17, 15) is 24.6 Å². The standard InChI is InChI=1S/C28H29NO6/c1-4-6-24-25(14-13-23(17(2)30)27(24)32)35-16-19-9-11-20(12-10-19)26(29-18(3)31)21-7-5-8-22(15-21)28(33)34/h5,7-15,26,32H,4,6,16H2,1-3H3,(H,29,31)(H,33,34). The SMILES string of the molecule is CCCc1c(OCc2ccc(C(NC(C)=O)c3cccc(C(=O)O)c3)cc2)ccc(C(C)=O)c1O. The Labute approximate surface area is 204 Å². The normalized spacial score (nSPS) is 11.5. The molecule has 0 aliphatic heterocycles. The largest absolute Gasteiger partial charge is 0.507 e. The molecule has 1 amide bonds. The van der Waals surface area contributed by atoms with Crippen LogP contribution >= 0.6 is 0 Å². The predicted octanol–water partition coefficient (Wildman–Crippen LogP) is 5.05. The molecule has 0 aliphatic carbocycles. The van der Waals surface area contributed by atoms with Gasteiger partial charge in [0.15, 0.2) is 5.78 Å². The van der Waals surface area contributed by atoms with Crippen molar-refractivity contribution in [3.8, 4) is 11.5 Å². The Kier molecular flexibility index (Phi) is 8.25. The van der Waals surface area contributed by atoms with Crippen LogP contribution in [0.2, 0.25) is 0 Å². The number of carboxylic acids is 1. The molecule has 1 atom stereocenters. The molecule has 0 bridgehead atoms. The number of carbonyl (C=O) groups excluding carboxylic acids is 2. The number of phenols is 1. The van der Waals surface area contributed by atoms with E-state index in [1.165, 1.54) is 19.9 Å². The van der Waals surface area contributed by atoms with Gasteiger partial charge in [0.05, 0.1) is 17.2 Å². The van der Waals surface area contributed by atoms with Gasteiger partial charge < -0.3 is 20.3 Å². The summed E-state index contributed by atoms with van der Waals surface area (Å²) in [6, 6.07) is 16.7. The van der Waals surface area contributed by atoms with Crippen molar-refractivity contribution in [3.63, 3.8) is 0 Å². The smallest absolute Gasteiger partial charge is 0.335 e. The fraction of sp³-hybridized carbons (Fsp3) is 0.250. The van der Waals surface area contributed by atoms with Gasteiger partial charge in [-0.1, -0.05) is 49.7 Å². The van der Waals surface area contributed by atoms with E-state index >= 15 is 0 Å². The Bertz CT molecular complexity index is 1230. The number of ketones is 1. The lowest BCUT2D eigenvalue weighted by Crippen LogP contribution is -2.27. The van der Waals surface area contributed by atoms with E-state index in [1.54, 1.807) is 30.3 Å². The van der Waals surface area contributed by atoms with Gasteiger partial charge in [-0.15, -0.1) is 0 Å². The highest BCUT2D eigenvalue weighted by molar-refractivity contribution is 5.97. The first-order valence-electron chi connectivity index (χ1n) is 11.4. The summed E-state index contributed by atoms with van der Waals surface area (Å²) in [5.74, 6) is -0.982. The van der Waals surface area contributed by atoms with Gasteiger partial charge in [-0.3, -0.25) is 9.59 Å². The van der Waals surface area contributed by atoms with E-state index in [-0.39, 0.29) is 35.2 Å². The van der Waals surface area contributed by atoms with Crippen LogP contribution < -0.4 is 10.1 Å². The summed E-state index contributed by atoms with van der Waals surface area (Å²) in [5.41, 5.74) is 3.36. The zero-order valence-electron chi connectivity index (χ0n) is 20.0. The molecule has 1 unspecified atom stereocenters. The number of benzene rings is 3. The van der Waals surface area contributed by atoms with Gasteiger partial charge in [0.2, 0.25) is 5.91 Å². The lowest BCUT2D eigenvalue weighted by Gasteiger charge is -2.20. The number of hydrogen-bond acceptors (Lipinski definition) is 5. The zero-order chi connectivity index (χ0) is 25.5. The van der Waals surface area contributed by atoms with E-state index in [0.29, 0.717) is 23.3 Å². The van der Waals surface area contributed by atoms with Gasteiger partial charge in [0, 0.05) is 12.5 Å². The molecule has 0 heterocycles. The van der Waals surface area contributed by atoms with E-state index in [2.05, 4.69) is 5.32 Å². The number of Topliss-reactive ketones (excluding diaryl/α,β-unsaturated/α-hetero) is 1. The molecule has 0 saturated carbocycles. The van der Waals surface area contributed by atoms with Gasteiger partial charge >= 0.3 is 5.97 Å². The van der Waals surface area contributed by atoms with Crippen LogP contribution in [0.15, 0.2) is 60.7 Å². The molecule has 0 aliphatic rings. The van der Waals surface area contributed by atoms with Crippen LogP contribution in [0, 0.1) is 0 Å². The van der Waals surface area contributed by atoms with Crippen LogP contribution in [0.3, 0.4) is 0 Å². The molecule has 3 rings (SSSR count). The second kappa shape index (κ2) is 11.3. The summed E-state index contributed by atoms with van der Waals surface area (Å²) in [7, 11) is 0. The first-order valence-corrected chi connectivity index (χ1v) is 11.4. The third-order valence-electron chi connectivity index (χ3n) is 5.64. The molecule has 3 aromatic rings. The van der Waals surface area contributed by atoms with Gasteiger partial charge in [-0.25, -0.2) is 4.79 Å². The highest BCUT2D eigenvalue weighted by Gasteiger charge is 2.18. The Morgan fingerprint density at radius 1 is 0.971 bits per heavy atom. The van der Waals surface area contributed by atoms with Crippen molar-refractivity contribution >= 4 is 17.7 Å². The van der Waals surface area contributed by atoms with Crippen molar-refractivity contribution in [2.75, 3.05) is 0 Å². The third kappa shape index (κ3) is 6.26. The van der Waals surface area contributed by atoms with Crippen molar-refractivity contribution in [2.24, 2.45) is 0 Å². The second-order valence-electron chi connectivity index (χ2n) is 8.34. The van der Waals surface area contributed by atoms with Crippen LogP contribution in [0.1, 0.15) is 76.2 Å². The molecule has 0 fully saturated rings. The Morgan fingerprint density at radius 3 is 2.29 bits per heavy atom. The molecule has 182 valence electrons. The number of hydrogen-bond donors (Lipinski definition) is 3. The molecular weight excluding hydrogens is 446 g/mol. The molecule has 0 spiro atoms. The van der Waals surface area contributed by atoms with E-state index in [1.807, 2.05) is 31.2 Å². The fourth-order valence-electron chi connectivity index (χ4n) is 3.91. The summed E-state index contributed by atoms with van der Waals surface area (Å²) in [6.07, 6.45) is 1.36. The number of aromatic carboxylic acids is 1. The van der Waals surface area contributed by atoms with Crippen molar-refractivity contribution in [1.82, 2.24) is 5.32 Å². The molecule has 3 aromatic carbocycles.